The maximum absolute atomic E-state index is 12.9. The molecule has 1 unspecified atom stereocenters. The number of hydrogen-bond acceptors (Lipinski definition) is 2. The van der Waals surface area contributed by atoms with Gasteiger partial charge in [-0.15, -0.1) is 0 Å². The van der Waals surface area contributed by atoms with Gasteiger partial charge in [-0.05, 0) is 18.6 Å². The second-order valence-corrected chi connectivity index (χ2v) is 3.37. The number of benzene rings is 1. The summed E-state index contributed by atoms with van der Waals surface area (Å²) in [4.78, 5) is 3.87. The summed E-state index contributed by atoms with van der Waals surface area (Å²) in [5.74, 6) is 0.188. The van der Waals surface area contributed by atoms with Crippen LogP contribution in [0, 0.1) is 5.82 Å². The fourth-order valence-corrected chi connectivity index (χ4v) is 1.19. The Bertz CT molecular complexity index is 364. The third-order valence-electron chi connectivity index (χ3n) is 2.03. The molecule has 0 saturated carbocycles. The predicted octanol–water partition coefficient (Wildman–Crippen LogP) is 1.26. The van der Waals surface area contributed by atoms with Gasteiger partial charge >= 0.3 is 0 Å². The summed E-state index contributed by atoms with van der Waals surface area (Å²) in [7, 11) is 0. The van der Waals surface area contributed by atoms with Crippen LogP contribution in [-0.4, -0.2) is 18.6 Å². The Kier molecular flexibility index (Phi) is 4.57. The summed E-state index contributed by atoms with van der Waals surface area (Å²) in [6.07, 6.45) is 0.594. The highest BCUT2D eigenvalue weighted by atomic mass is 19.1. The van der Waals surface area contributed by atoms with Crippen molar-refractivity contribution in [2.24, 2.45) is 16.5 Å². The van der Waals surface area contributed by atoms with Crippen LogP contribution < -0.4 is 16.2 Å². The molecular formula is C11H16FN3O. The van der Waals surface area contributed by atoms with E-state index in [1.54, 1.807) is 12.1 Å². The quantitative estimate of drug-likeness (QED) is 0.585. The van der Waals surface area contributed by atoms with Crippen LogP contribution in [-0.2, 0) is 0 Å². The first kappa shape index (κ1) is 12.3. The third-order valence-corrected chi connectivity index (χ3v) is 2.03. The topological polar surface area (TPSA) is 73.6 Å². The largest absolute Gasteiger partial charge is 0.488 e. The van der Waals surface area contributed by atoms with Crippen molar-refractivity contribution in [3.63, 3.8) is 0 Å². The lowest BCUT2D eigenvalue weighted by Crippen LogP contribution is -2.27. The van der Waals surface area contributed by atoms with Crippen molar-refractivity contribution in [1.29, 1.82) is 0 Å². The molecule has 0 aliphatic rings. The second kappa shape index (κ2) is 5.95. The van der Waals surface area contributed by atoms with E-state index in [1.807, 2.05) is 6.92 Å². The fraction of sp³-hybridized carbons (Fsp3) is 0.364. The summed E-state index contributed by atoms with van der Waals surface area (Å²) in [5.41, 5.74) is 10.5. The van der Waals surface area contributed by atoms with E-state index in [9.17, 15) is 4.39 Å². The van der Waals surface area contributed by atoms with Gasteiger partial charge in [0.1, 0.15) is 17.7 Å². The van der Waals surface area contributed by atoms with Gasteiger partial charge in [0.15, 0.2) is 5.96 Å². The zero-order valence-corrected chi connectivity index (χ0v) is 9.19. The molecule has 0 amide bonds. The Balaban J connectivity index is 2.59. The fourth-order valence-electron chi connectivity index (χ4n) is 1.19. The zero-order valence-electron chi connectivity index (χ0n) is 9.19. The van der Waals surface area contributed by atoms with Crippen LogP contribution in [0.5, 0.6) is 5.75 Å². The zero-order chi connectivity index (χ0) is 12.0. The molecule has 4 N–H and O–H groups in total. The summed E-state index contributed by atoms with van der Waals surface area (Å²) in [6.45, 7) is 2.32. The summed E-state index contributed by atoms with van der Waals surface area (Å²) < 4.78 is 18.4. The van der Waals surface area contributed by atoms with E-state index in [0.717, 1.165) is 6.42 Å². The molecule has 0 aromatic heterocycles. The lowest BCUT2D eigenvalue weighted by atomic mass is 10.2. The van der Waals surface area contributed by atoms with Crippen molar-refractivity contribution in [2.75, 3.05) is 6.54 Å². The smallest absolute Gasteiger partial charge is 0.186 e. The molecule has 1 atom stereocenters. The summed E-state index contributed by atoms with van der Waals surface area (Å²) in [6, 6.07) is 5.99. The van der Waals surface area contributed by atoms with E-state index in [2.05, 4.69) is 4.99 Å². The first-order valence-corrected chi connectivity index (χ1v) is 5.09. The Labute approximate surface area is 94.1 Å². The van der Waals surface area contributed by atoms with Gasteiger partial charge in [0.2, 0.25) is 0 Å². The van der Waals surface area contributed by atoms with E-state index in [0.29, 0.717) is 12.3 Å². The van der Waals surface area contributed by atoms with Gasteiger partial charge in [0, 0.05) is 6.07 Å². The van der Waals surface area contributed by atoms with E-state index in [1.165, 1.54) is 12.1 Å². The Morgan fingerprint density at radius 2 is 2.25 bits per heavy atom. The molecular weight excluding hydrogens is 209 g/mol. The average Bonchev–Trinajstić information content (AvgIpc) is 2.24. The van der Waals surface area contributed by atoms with Gasteiger partial charge in [0.25, 0.3) is 0 Å². The number of guanidine groups is 1. The van der Waals surface area contributed by atoms with Crippen molar-refractivity contribution in [2.45, 2.75) is 19.4 Å². The molecule has 88 valence electrons. The molecule has 0 saturated heterocycles. The number of rotatable bonds is 5. The molecule has 0 heterocycles. The third kappa shape index (κ3) is 4.16. The summed E-state index contributed by atoms with van der Waals surface area (Å²) >= 11 is 0. The van der Waals surface area contributed by atoms with E-state index in [4.69, 9.17) is 16.2 Å². The molecule has 0 aliphatic carbocycles. The highest BCUT2D eigenvalue weighted by molar-refractivity contribution is 5.75. The van der Waals surface area contributed by atoms with Gasteiger partial charge in [-0.3, -0.25) is 0 Å². The number of halogens is 1. The number of nitrogens with two attached hydrogens (primary N) is 2. The van der Waals surface area contributed by atoms with Crippen LogP contribution >= 0.6 is 0 Å². The number of hydrogen-bond donors (Lipinski definition) is 2. The molecule has 0 fully saturated rings. The highest BCUT2D eigenvalue weighted by Crippen LogP contribution is 2.15. The van der Waals surface area contributed by atoms with E-state index < -0.39 is 0 Å². The van der Waals surface area contributed by atoms with Crippen molar-refractivity contribution < 1.29 is 9.13 Å². The van der Waals surface area contributed by atoms with Crippen LogP contribution in [0.2, 0.25) is 0 Å². The minimum atomic E-state index is -0.325. The maximum atomic E-state index is 12.9. The normalized spacial score (nSPS) is 11.9. The van der Waals surface area contributed by atoms with Gasteiger partial charge in [-0.2, -0.15) is 0 Å². The van der Waals surface area contributed by atoms with Crippen LogP contribution in [0.25, 0.3) is 0 Å². The first-order chi connectivity index (χ1) is 7.61. The molecule has 1 rings (SSSR count). The molecule has 0 radical (unpaired) electrons. The van der Waals surface area contributed by atoms with Gasteiger partial charge < -0.3 is 16.2 Å². The van der Waals surface area contributed by atoms with Gasteiger partial charge in [0.05, 0.1) is 6.54 Å². The molecule has 1 aromatic rings. The Morgan fingerprint density at radius 1 is 1.50 bits per heavy atom. The van der Waals surface area contributed by atoms with Crippen LogP contribution in [0.1, 0.15) is 13.3 Å². The minimum Gasteiger partial charge on any atom is -0.488 e. The minimum absolute atomic E-state index is 0.0290. The second-order valence-electron chi connectivity index (χ2n) is 3.37. The predicted molar refractivity (Wildman–Crippen MR) is 61.8 cm³/mol. The van der Waals surface area contributed by atoms with Crippen molar-refractivity contribution >= 4 is 5.96 Å². The average molecular weight is 225 g/mol. The van der Waals surface area contributed by atoms with E-state index in [-0.39, 0.29) is 17.9 Å². The molecule has 1 aromatic carbocycles. The first-order valence-electron chi connectivity index (χ1n) is 5.09. The maximum Gasteiger partial charge on any atom is 0.186 e. The Hall–Kier alpha value is -1.78. The summed E-state index contributed by atoms with van der Waals surface area (Å²) in [5, 5.41) is 0. The Morgan fingerprint density at radius 3 is 2.81 bits per heavy atom. The standard InChI is InChI=1S/C11H16FN3O/c1-2-9(7-15-11(13)14)16-10-5-3-4-8(12)6-10/h3-6,9H,2,7H2,1H3,(H4,13,14,15). The van der Waals surface area contributed by atoms with Crippen LogP contribution in [0.3, 0.4) is 0 Å². The molecule has 0 spiro atoms. The lowest BCUT2D eigenvalue weighted by Gasteiger charge is -2.15. The van der Waals surface area contributed by atoms with Crippen LogP contribution in [0.15, 0.2) is 29.3 Å². The van der Waals surface area contributed by atoms with E-state index >= 15 is 0 Å². The molecule has 0 aliphatic heterocycles. The molecule has 0 bridgehead atoms. The lowest BCUT2D eigenvalue weighted by molar-refractivity contribution is 0.205. The number of nitrogens with zero attached hydrogens (tertiary/aromatic N) is 1. The molecule has 16 heavy (non-hydrogen) atoms. The number of ether oxygens (including phenoxy) is 1. The molecule has 4 nitrogen and oxygen atoms in total. The van der Waals surface area contributed by atoms with Crippen molar-refractivity contribution in [1.82, 2.24) is 0 Å². The van der Waals surface area contributed by atoms with Crippen LogP contribution in [0.4, 0.5) is 4.39 Å². The van der Waals surface area contributed by atoms with Gasteiger partial charge in [-0.1, -0.05) is 13.0 Å². The van der Waals surface area contributed by atoms with Crippen molar-refractivity contribution in [3.8, 4) is 5.75 Å². The SMILES string of the molecule is CCC(CN=C(N)N)Oc1cccc(F)c1. The van der Waals surface area contributed by atoms with Crippen molar-refractivity contribution in [3.05, 3.63) is 30.1 Å². The number of aliphatic imine (C=N–C) groups is 1. The van der Waals surface area contributed by atoms with Gasteiger partial charge in [-0.25, -0.2) is 9.38 Å². The molecule has 5 heteroatoms. The monoisotopic (exact) mass is 225 g/mol. The highest BCUT2D eigenvalue weighted by Gasteiger charge is 2.07.